The second kappa shape index (κ2) is 12.3. The lowest BCUT2D eigenvalue weighted by Crippen LogP contribution is -2.22. The van der Waals surface area contributed by atoms with Crippen molar-refractivity contribution in [1.29, 1.82) is 0 Å². The largest absolute Gasteiger partial charge is 0.494 e. The minimum Gasteiger partial charge on any atom is -0.494 e. The van der Waals surface area contributed by atoms with E-state index >= 15 is 0 Å². The van der Waals surface area contributed by atoms with Crippen LogP contribution in [-0.2, 0) is 11.5 Å². The molecule has 0 atom stereocenters. The van der Waals surface area contributed by atoms with Crippen LogP contribution in [0.25, 0.3) is 16.6 Å². The Balaban J connectivity index is 1.45. The van der Waals surface area contributed by atoms with Crippen molar-refractivity contribution in [2.75, 3.05) is 19.5 Å². The van der Waals surface area contributed by atoms with Gasteiger partial charge < -0.3 is 24.5 Å². The van der Waals surface area contributed by atoms with Gasteiger partial charge in [-0.05, 0) is 54.6 Å². The van der Waals surface area contributed by atoms with Crippen LogP contribution in [0.2, 0.25) is 25.7 Å². The van der Waals surface area contributed by atoms with Gasteiger partial charge in [-0.3, -0.25) is 4.79 Å². The Morgan fingerprint density at radius 3 is 2.58 bits per heavy atom. The first kappa shape index (κ1) is 30.5. The van der Waals surface area contributed by atoms with Crippen LogP contribution < -0.4 is 15.2 Å². The number of carbonyl (C=O) groups excluding carboxylic acids is 1. The van der Waals surface area contributed by atoms with E-state index in [0.717, 1.165) is 27.5 Å². The fourth-order valence-corrected chi connectivity index (χ4v) is 5.69. The number of nitrogen functional groups attached to an aromatic ring is 1. The lowest BCUT2D eigenvalue weighted by molar-refractivity contribution is 0.0842. The molecule has 0 spiro atoms. The van der Waals surface area contributed by atoms with Crippen LogP contribution in [0.15, 0.2) is 71.3 Å². The van der Waals surface area contributed by atoms with Crippen molar-refractivity contribution in [2.45, 2.75) is 32.4 Å². The number of nitrogens with two attached hydrogens (primary N) is 1. The molecule has 5 rings (SSSR count). The van der Waals surface area contributed by atoms with E-state index in [9.17, 15) is 13.6 Å². The van der Waals surface area contributed by atoms with Gasteiger partial charge in [0.25, 0.3) is 0 Å². The number of aromatic nitrogens is 3. The average molecular weight is 670 g/mol. The maximum absolute atomic E-state index is 14.1. The molecule has 2 N–H and O–H groups in total. The molecule has 5 aromatic rings. The predicted molar refractivity (Wildman–Crippen MR) is 168 cm³/mol. The van der Waals surface area contributed by atoms with E-state index in [0.29, 0.717) is 18.0 Å². The monoisotopic (exact) mass is 668 g/mol. The van der Waals surface area contributed by atoms with Gasteiger partial charge in [0.15, 0.2) is 11.6 Å². The zero-order chi connectivity index (χ0) is 30.9. The summed E-state index contributed by atoms with van der Waals surface area (Å²) in [4.78, 5) is 13.9. The minimum atomic E-state index is -1.29. The SMILES string of the molecule is COc1cc(Oc2cccc(F)c2F)ccc1-n1ncc(C(=O)c2cc3cc(Br)ccc3n2COCC[Si](C)(C)C)c1N. The Morgan fingerprint density at radius 1 is 1.05 bits per heavy atom. The third-order valence-corrected chi connectivity index (χ3v) is 9.08. The fourth-order valence-electron chi connectivity index (χ4n) is 4.55. The van der Waals surface area contributed by atoms with Gasteiger partial charge in [0.1, 0.15) is 29.7 Å². The fraction of sp³-hybridized carbons (Fsp3) is 0.226. The van der Waals surface area contributed by atoms with Crippen LogP contribution in [0, 0.1) is 11.6 Å². The first-order valence-corrected chi connectivity index (χ1v) is 18.0. The lowest BCUT2D eigenvalue weighted by Gasteiger charge is -2.16. The summed E-state index contributed by atoms with van der Waals surface area (Å²) in [5.74, 6) is -2.11. The van der Waals surface area contributed by atoms with Gasteiger partial charge in [-0.15, -0.1) is 0 Å². The molecule has 224 valence electrons. The number of carbonyl (C=O) groups is 1. The molecule has 3 aromatic carbocycles. The Bertz CT molecular complexity index is 1820. The highest BCUT2D eigenvalue weighted by Gasteiger charge is 2.24. The highest BCUT2D eigenvalue weighted by atomic mass is 79.9. The van der Waals surface area contributed by atoms with Gasteiger partial charge in [-0.1, -0.05) is 41.6 Å². The number of anilines is 1. The number of benzene rings is 3. The van der Waals surface area contributed by atoms with Crippen molar-refractivity contribution in [3.63, 3.8) is 0 Å². The number of hydrogen-bond donors (Lipinski definition) is 1. The molecule has 0 saturated carbocycles. The second-order valence-corrected chi connectivity index (χ2v) is 17.7. The topological polar surface area (TPSA) is 93.5 Å². The van der Waals surface area contributed by atoms with Gasteiger partial charge in [-0.2, -0.15) is 9.49 Å². The molecule has 0 unspecified atom stereocenters. The second-order valence-electron chi connectivity index (χ2n) is 11.2. The van der Waals surface area contributed by atoms with E-state index in [4.69, 9.17) is 19.9 Å². The Labute approximate surface area is 257 Å². The van der Waals surface area contributed by atoms with Gasteiger partial charge in [0.2, 0.25) is 11.6 Å². The van der Waals surface area contributed by atoms with Crippen LogP contribution >= 0.6 is 15.9 Å². The molecule has 2 aromatic heterocycles. The summed E-state index contributed by atoms with van der Waals surface area (Å²) in [6.07, 6.45) is 1.41. The van der Waals surface area contributed by atoms with E-state index in [2.05, 4.69) is 40.7 Å². The van der Waals surface area contributed by atoms with Crippen LogP contribution in [0.1, 0.15) is 16.1 Å². The highest BCUT2D eigenvalue weighted by molar-refractivity contribution is 9.10. The number of halogens is 3. The number of nitrogens with zero attached hydrogens (tertiary/aromatic N) is 3. The lowest BCUT2D eigenvalue weighted by atomic mass is 10.1. The third-order valence-electron chi connectivity index (χ3n) is 6.89. The molecule has 0 bridgehead atoms. The summed E-state index contributed by atoms with van der Waals surface area (Å²) < 4.78 is 49.0. The Hall–Kier alpha value is -4.00. The Morgan fingerprint density at radius 2 is 1.84 bits per heavy atom. The van der Waals surface area contributed by atoms with Gasteiger partial charge in [0, 0.05) is 30.6 Å². The van der Waals surface area contributed by atoms with E-state index in [-0.39, 0.29) is 41.1 Å². The van der Waals surface area contributed by atoms with Gasteiger partial charge in [-0.25, -0.2) is 9.07 Å². The molecule has 0 aliphatic heterocycles. The molecule has 0 radical (unpaired) electrons. The van der Waals surface area contributed by atoms with Gasteiger partial charge in [0.05, 0.1) is 30.1 Å². The number of methoxy groups -OCH3 is 1. The van der Waals surface area contributed by atoms with Crippen molar-refractivity contribution >= 4 is 46.5 Å². The predicted octanol–water partition coefficient (Wildman–Crippen LogP) is 7.79. The normalized spacial score (nSPS) is 11.7. The summed E-state index contributed by atoms with van der Waals surface area (Å²) in [7, 11) is 0.154. The molecule has 0 aliphatic carbocycles. The molecule has 0 saturated heterocycles. The van der Waals surface area contributed by atoms with Gasteiger partial charge >= 0.3 is 0 Å². The maximum Gasteiger partial charge on any atom is 0.214 e. The number of rotatable bonds is 11. The zero-order valence-electron chi connectivity index (χ0n) is 24.2. The summed E-state index contributed by atoms with van der Waals surface area (Å²) in [6.45, 7) is 7.67. The standard InChI is InChI=1S/C31H31BrF2N4O4Si/c1-40-28-16-21(42-27-7-5-6-23(33)29(27)34)9-11-25(28)38-31(35)22(17-36-38)30(39)26-15-19-14-20(32)8-10-24(19)37(26)18-41-12-13-43(2,3)4/h5-11,14-17H,12-13,18,35H2,1-4H3. The smallest absolute Gasteiger partial charge is 0.214 e. The third kappa shape index (κ3) is 6.51. The first-order chi connectivity index (χ1) is 20.5. The summed E-state index contributed by atoms with van der Waals surface area (Å²) in [5, 5.41) is 5.26. The van der Waals surface area contributed by atoms with E-state index < -0.39 is 19.7 Å². The van der Waals surface area contributed by atoms with Crippen LogP contribution in [0.5, 0.6) is 17.2 Å². The summed E-state index contributed by atoms with van der Waals surface area (Å²) in [6, 6.07) is 16.9. The first-order valence-electron chi connectivity index (χ1n) is 13.5. The zero-order valence-corrected chi connectivity index (χ0v) is 26.7. The molecular weight excluding hydrogens is 638 g/mol. The molecule has 0 fully saturated rings. The number of ketones is 1. The van der Waals surface area contributed by atoms with Crippen LogP contribution in [0.4, 0.5) is 14.6 Å². The molecule has 8 nitrogen and oxygen atoms in total. The number of ether oxygens (including phenoxy) is 3. The van der Waals surface area contributed by atoms with Crippen molar-refractivity contribution in [3.8, 4) is 22.9 Å². The average Bonchev–Trinajstić information content (AvgIpc) is 3.52. The van der Waals surface area contributed by atoms with E-state index in [1.807, 2.05) is 28.8 Å². The van der Waals surface area contributed by atoms with Crippen LogP contribution in [-0.4, -0.2) is 41.9 Å². The van der Waals surface area contributed by atoms with Crippen molar-refractivity contribution in [1.82, 2.24) is 14.3 Å². The Kier molecular flexibility index (Phi) is 8.72. The van der Waals surface area contributed by atoms with Crippen LogP contribution in [0.3, 0.4) is 0 Å². The molecule has 43 heavy (non-hydrogen) atoms. The van der Waals surface area contributed by atoms with E-state index in [1.165, 1.54) is 36.2 Å². The molecule has 0 amide bonds. The summed E-state index contributed by atoms with van der Waals surface area (Å²) >= 11 is 3.51. The highest BCUT2D eigenvalue weighted by Crippen LogP contribution is 2.34. The molecular formula is C31H31BrF2N4O4Si. The van der Waals surface area contributed by atoms with E-state index in [1.54, 1.807) is 12.1 Å². The number of hydrogen-bond acceptors (Lipinski definition) is 6. The molecule has 0 aliphatic rings. The number of fused-ring (bicyclic) bond motifs is 1. The van der Waals surface area contributed by atoms with Crippen molar-refractivity contribution in [2.24, 2.45) is 0 Å². The summed E-state index contributed by atoms with van der Waals surface area (Å²) in [5.41, 5.74) is 8.39. The molecule has 12 heteroatoms. The molecule has 2 heterocycles. The minimum absolute atomic E-state index is 0.103. The van der Waals surface area contributed by atoms with Crippen molar-refractivity contribution in [3.05, 3.63) is 94.2 Å². The quantitative estimate of drug-likeness (QED) is 0.0877. The van der Waals surface area contributed by atoms with Crippen molar-refractivity contribution < 1.29 is 27.8 Å². The maximum atomic E-state index is 14.1.